The highest BCUT2D eigenvalue weighted by Gasteiger charge is 2.50. The third-order valence-electron chi connectivity index (χ3n) is 5.34. The molecule has 3 rings (SSSR count). The number of ether oxygens (including phenoxy) is 2. The molecule has 1 aromatic heterocycles. The number of nitrogens with zero attached hydrogens (tertiary/aromatic N) is 1. The third-order valence-corrected chi connectivity index (χ3v) is 11.8. The summed E-state index contributed by atoms with van der Waals surface area (Å²) in [6.45, 7) is -1.21. The SMILES string of the molecule is O=C(O)CCP(=O)(O)OP(=O)(O)OP(=O)(O)OP(=O)(O)OC[C@H]1O[C@@H](n2ccc(=O)[nH]c2=O)[C@H](OC(=O)c2ccccc2)[C@@H]1O. The Labute approximate surface area is 250 Å². The molecule has 45 heavy (non-hydrogen) atoms. The standard InChI is InChI=1S/C19H24N2O20P4/c22-13-6-8-21(19(27)20-13)17-16(38-18(26)11-4-2-1-3-5-11)15(25)12(37-17)10-36-43(30,31)40-45(34,35)41-44(32,33)39-42(28,29)9-7-14(23)24/h1-6,8,12,15-17,25H,7,9-10H2,(H,23,24)(H,28,29)(H,30,31)(H,32,33)(H,34,35)(H,20,22,27)/t12-,15-,16-,17-/m1/s1. The summed E-state index contributed by atoms with van der Waals surface area (Å²) in [6.07, 6.45) is -8.43. The number of aromatic nitrogens is 2. The van der Waals surface area contributed by atoms with Crippen LogP contribution in [-0.2, 0) is 50.0 Å². The number of aliphatic hydroxyl groups excluding tert-OH is 1. The van der Waals surface area contributed by atoms with Crippen molar-refractivity contribution in [2.24, 2.45) is 0 Å². The van der Waals surface area contributed by atoms with Crippen LogP contribution in [0.5, 0.6) is 0 Å². The first-order valence-corrected chi connectivity index (χ1v) is 18.2. The van der Waals surface area contributed by atoms with Crippen molar-refractivity contribution in [2.45, 2.75) is 31.0 Å². The number of rotatable bonds is 15. The van der Waals surface area contributed by atoms with E-state index in [1.165, 1.54) is 24.3 Å². The van der Waals surface area contributed by atoms with Gasteiger partial charge in [0.05, 0.1) is 24.8 Å². The second-order valence-corrected chi connectivity index (χ2v) is 15.5. The summed E-state index contributed by atoms with van der Waals surface area (Å²) < 4.78 is 75.3. The van der Waals surface area contributed by atoms with Gasteiger partial charge in [0.25, 0.3) is 5.56 Å². The monoisotopic (exact) mass is 724 g/mol. The summed E-state index contributed by atoms with van der Waals surface area (Å²) in [5.74, 6) is -2.61. The number of carboxylic acids is 1. The van der Waals surface area contributed by atoms with E-state index in [9.17, 15) is 62.1 Å². The van der Waals surface area contributed by atoms with E-state index in [0.29, 0.717) is 4.57 Å². The molecular weight excluding hydrogens is 700 g/mol. The Balaban J connectivity index is 1.72. The number of carbonyl (C=O) groups excluding carboxylic acids is 1. The smallest absolute Gasteiger partial charge is 0.481 e. The van der Waals surface area contributed by atoms with Crippen LogP contribution in [0.25, 0.3) is 0 Å². The molecule has 250 valence electrons. The first-order valence-electron chi connectivity index (χ1n) is 11.9. The van der Waals surface area contributed by atoms with Crippen LogP contribution in [0, 0.1) is 0 Å². The van der Waals surface area contributed by atoms with Gasteiger partial charge in [0.2, 0.25) is 0 Å². The number of carboxylic acid groups (broad SMARTS) is 1. The lowest BCUT2D eigenvalue weighted by molar-refractivity contribution is -0.136. The molecule has 0 saturated carbocycles. The lowest BCUT2D eigenvalue weighted by Crippen LogP contribution is -2.40. The molecule has 0 spiro atoms. The quantitative estimate of drug-likeness (QED) is 0.0942. The molecule has 2 heterocycles. The lowest BCUT2D eigenvalue weighted by atomic mass is 10.1. The number of phosphoric acid groups is 3. The van der Waals surface area contributed by atoms with Crippen molar-refractivity contribution in [3.05, 3.63) is 69.0 Å². The molecule has 1 aliphatic rings. The highest BCUT2D eigenvalue weighted by molar-refractivity contribution is 7.70. The summed E-state index contributed by atoms with van der Waals surface area (Å²) in [7, 11) is -23.2. The Hall–Kier alpha value is -2.64. The van der Waals surface area contributed by atoms with Crippen LogP contribution in [0.15, 0.2) is 52.2 Å². The fraction of sp³-hybridized carbons (Fsp3) is 0.368. The van der Waals surface area contributed by atoms with Crippen molar-refractivity contribution in [3.63, 3.8) is 0 Å². The molecule has 1 fully saturated rings. The number of benzene rings is 1. The van der Waals surface area contributed by atoms with E-state index in [0.717, 1.165) is 12.3 Å². The summed E-state index contributed by atoms with van der Waals surface area (Å²) >= 11 is 0. The van der Waals surface area contributed by atoms with E-state index in [4.69, 9.17) is 14.6 Å². The Morgan fingerprint density at radius 2 is 1.51 bits per heavy atom. The normalized spacial score (nSPS) is 25.3. The molecule has 2 aromatic rings. The number of aromatic amines is 1. The largest absolute Gasteiger partial charge is 0.490 e. The molecule has 8 atom stereocenters. The Morgan fingerprint density at radius 3 is 2.11 bits per heavy atom. The van der Waals surface area contributed by atoms with Crippen LogP contribution < -0.4 is 11.2 Å². The zero-order chi connectivity index (χ0) is 33.8. The van der Waals surface area contributed by atoms with Gasteiger partial charge in [-0.25, -0.2) is 27.6 Å². The molecule has 0 bridgehead atoms. The van der Waals surface area contributed by atoms with E-state index in [1.54, 1.807) is 6.07 Å². The Kier molecular flexibility index (Phi) is 11.8. The number of esters is 1. The minimum absolute atomic E-state index is 0.00788. The van der Waals surface area contributed by atoms with Crippen LogP contribution in [0.2, 0.25) is 0 Å². The van der Waals surface area contributed by atoms with E-state index in [2.05, 4.69) is 17.5 Å². The van der Waals surface area contributed by atoms with Gasteiger partial charge in [0.1, 0.15) is 12.2 Å². The van der Waals surface area contributed by atoms with Crippen molar-refractivity contribution < 1.29 is 84.6 Å². The first-order chi connectivity index (χ1) is 20.7. The summed E-state index contributed by atoms with van der Waals surface area (Å²) in [5.41, 5.74) is -1.89. The van der Waals surface area contributed by atoms with Gasteiger partial charge in [-0.15, -0.1) is 0 Å². The number of aliphatic carboxylic acids is 1. The van der Waals surface area contributed by atoms with Gasteiger partial charge < -0.3 is 39.3 Å². The number of hydrogen-bond donors (Lipinski definition) is 7. The van der Waals surface area contributed by atoms with Crippen LogP contribution >= 0.6 is 31.1 Å². The molecule has 0 radical (unpaired) electrons. The Morgan fingerprint density at radius 1 is 0.911 bits per heavy atom. The van der Waals surface area contributed by atoms with Gasteiger partial charge in [0.15, 0.2) is 12.3 Å². The van der Waals surface area contributed by atoms with E-state index >= 15 is 0 Å². The molecule has 4 unspecified atom stereocenters. The minimum Gasteiger partial charge on any atom is -0.481 e. The predicted molar refractivity (Wildman–Crippen MR) is 143 cm³/mol. The number of H-pyrrole nitrogens is 1. The maximum atomic E-state index is 12.7. The van der Waals surface area contributed by atoms with Crippen LogP contribution in [-0.4, -0.2) is 82.4 Å². The molecule has 7 N–H and O–H groups in total. The van der Waals surface area contributed by atoms with Crippen LogP contribution in [0.1, 0.15) is 23.0 Å². The molecule has 1 aliphatic heterocycles. The Bertz CT molecular complexity index is 1710. The van der Waals surface area contributed by atoms with Crippen LogP contribution in [0.3, 0.4) is 0 Å². The molecule has 22 nitrogen and oxygen atoms in total. The highest BCUT2D eigenvalue weighted by Crippen LogP contribution is 2.71. The van der Waals surface area contributed by atoms with Crippen LogP contribution in [0.4, 0.5) is 0 Å². The highest BCUT2D eigenvalue weighted by atomic mass is 31.3. The van der Waals surface area contributed by atoms with Gasteiger partial charge in [-0.1, -0.05) is 18.2 Å². The summed E-state index contributed by atoms with van der Waals surface area (Å²) in [6, 6.07) is 8.16. The molecule has 0 amide bonds. The second-order valence-electron chi connectivity index (χ2n) is 8.76. The first kappa shape index (κ1) is 36.8. The molecule has 26 heteroatoms. The van der Waals surface area contributed by atoms with Gasteiger partial charge >= 0.3 is 48.7 Å². The van der Waals surface area contributed by atoms with Gasteiger partial charge in [-0.2, -0.15) is 8.62 Å². The average Bonchev–Trinajstić information content (AvgIpc) is 3.19. The maximum Gasteiger partial charge on any atom is 0.490 e. The van der Waals surface area contributed by atoms with E-state index in [-0.39, 0.29) is 5.56 Å². The lowest BCUT2D eigenvalue weighted by Gasteiger charge is -2.22. The zero-order valence-electron chi connectivity index (χ0n) is 22.1. The minimum atomic E-state index is -6.15. The maximum absolute atomic E-state index is 12.7. The van der Waals surface area contributed by atoms with E-state index < -0.39 is 98.0 Å². The molecule has 1 aromatic carbocycles. The second kappa shape index (κ2) is 14.4. The number of nitrogens with one attached hydrogen (secondary N) is 1. The predicted octanol–water partition coefficient (Wildman–Crippen LogP) is 0.0482. The number of hydrogen-bond acceptors (Lipinski definition) is 15. The van der Waals surface area contributed by atoms with Crippen molar-refractivity contribution >= 4 is 43.0 Å². The topological polar surface area (TPSA) is 334 Å². The van der Waals surface area contributed by atoms with Gasteiger partial charge in [-0.3, -0.25) is 28.2 Å². The van der Waals surface area contributed by atoms with E-state index in [1.807, 2.05) is 4.98 Å². The fourth-order valence-corrected chi connectivity index (χ4v) is 9.00. The van der Waals surface area contributed by atoms with Gasteiger partial charge in [0, 0.05) is 12.3 Å². The third kappa shape index (κ3) is 11.0. The number of carbonyl (C=O) groups is 2. The van der Waals surface area contributed by atoms with Gasteiger partial charge in [-0.05, 0) is 12.1 Å². The number of aliphatic hydroxyl groups is 1. The van der Waals surface area contributed by atoms with Crippen molar-refractivity contribution in [1.82, 2.24) is 9.55 Å². The summed E-state index contributed by atoms with van der Waals surface area (Å²) in [5, 5.41) is 19.3. The molecule has 1 saturated heterocycles. The van der Waals surface area contributed by atoms with Crippen molar-refractivity contribution in [2.75, 3.05) is 12.8 Å². The fourth-order valence-electron chi connectivity index (χ4n) is 3.52. The summed E-state index contributed by atoms with van der Waals surface area (Å²) in [4.78, 5) is 87.4. The average molecular weight is 724 g/mol. The zero-order valence-corrected chi connectivity index (χ0v) is 25.7. The molecule has 0 aliphatic carbocycles. The van der Waals surface area contributed by atoms with Crippen molar-refractivity contribution in [1.29, 1.82) is 0 Å². The number of phosphoric ester groups is 1. The molecular formula is C19H24N2O20P4. The van der Waals surface area contributed by atoms with Crippen molar-refractivity contribution in [3.8, 4) is 0 Å².